The fraction of sp³-hybridized carbons (Fsp3) is 0.320. The first kappa shape index (κ1) is 24.4. The second-order valence-corrected chi connectivity index (χ2v) is 8.49. The summed E-state index contributed by atoms with van der Waals surface area (Å²) in [6.45, 7) is 4.38. The van der Waals surface area contributed by atoms with Crippen LogP contribution in [-0.2, 0) is 0 Å². The van der Waals surface area contributed by atoms with Crippen molar-refractivity contribution in [3.05, 3.63) is 53.1 Å². The molecule has 0 spiro atoms. The average Bonchev–Trinajstić information content (AvgIpc) is 2.90. The van der Waals surface area contributed by atoms with Crippen LogP contribution in [-0.4, -0.2) is 68.6 Å². The molecule has 1 fully saturated rings. The molecule has 0 saturated carbocycles. The quantitative estimate of drug-likeness (QED) is 0.537. The maximum atomic E-state index is 12.7. The van der Waals surface area contributed by atoms with Crippen LogP contribution in [0.1, 0.15) is 5.56 Å². The van der Waals surface area contributed by atoms with E-state index in [9.17, 15) is 4.79 Å². The van der Waals surface area contributed by atoms with Crippen molar-refractivity contribution in [1.29, 1.82) is 0 Å². The van der Waals surface area contributed by atoms with E-state index in [4.69, 9.17) is 25.8 Å². The van der Waals surface area contributed by atoms with E-state index in [-0.39, 0.29) is 6.03 Å². The molecule has 3 aromatic rings. The highest BCUT2D eigenvalue weighted by Crippen LogP contribution is 2.40. The number of methoxy groups -OCH3 is 3. The molecular formula is C25H28ClN5O4. The summed E-state index contributed by atoms with van der Waals surface area (Å²) in [4.78, 5) is 16.6. The van der Waals surface area contributed by atoms with Gasteiger partial charge in [-0.25, -0.2) is 4.79 Å². The lowest BCUT2D eigenvalue weighted by Crippen LogP contribution is -2.50. The number of rotatable bonds is 6. The summed E-state index contributed by atoms with van der Waals surface area (Å²) in [5.41, 5.74) is 3.17. The number of piperazine rings is 1. The van der Waals surface area contributed by atoms with E-state index in [0.717, 1.165) is 22.6 Å². The van der Waals surface area contributed by atoms with Crippen LogP contribution in [0.4, 0.5) is 16.3 Å². The Kier molecular flexibility index (Phi) is 7.45. The van der Waals surface area contributed by atoms with Gasteiger partial charge in [-0.1, -0.05) is 17.7 Å². The largest absolute Gasteiger partial charge is 0.493 e. The molecule has 0 radical (unpaired) electrons. The molecule has 1 aliphatic heterocycles. The number of halogens is 1. The number of aryl methyl sites for hydroxylation is 1. The van der Waals surface area contributed by atoms with Crippen LogP contribution in [0.15, 0.2) is 42.5 Å². The van der Waals surface area contributed by atoms with Gasteiger partial charge in [0.2, 0.25) is 5.75 Å². The minimum Gasteiger partial charge on any atom is -0.493 e. The molecule has 1 aliphatic rings. The number of amides is 2. The number of benzene rings is 2. The number of carbonyl (C=O) groups excluding carboxylic acids is 1. The predicted molar refractivity (Wildman–Crippen MR) is 136 cm³/mol. The maximum Gasteiger partial charge on any atom is 0.321 e. The van der Waals surface area contributed by atoms with Gasteiger partial charge >= 0.3 is 6.03 Å². The fourth-order valence-corrected chi connectivity index (χ4v) is 4.11. The summed E-state index contributed by atoms with van der Waals surface area (Å²) in [6, 6.07) is 12.8. The molecule has 2 amide bonds. The van der Waals surface area contributed by atoms with Crippen molar-refractivity contribution in [3.8, 4) is 28.5 Å². The topological polar surface area (TPSA) is 89.1 Å². The zero-order chi connectivity index (χ0) is 24.9. The van der Waals surface area contributed by atoms with E-state index >= 15 is 0 Å². The molecule has 0 unspecified atom stereocenters. The first-order chi connectivity index (χ1) is 16.9. The normalized spacial score (nSPS) is 13.4. The highest BCUT2D eigenvalue weighted by molar-refractivity contribution is 6.31. The Bertz CT molecular complexity index is 1170. The van der Waals surface area contributed by atoms with E-state index < -0.39 is 0 Å². The van der Waals surface area contributed by atoms with Gasteiger partial charge in [0.05, 0.1) is 27.0 Å². The Balaban J connectivity index is 1.41. The lowest BCUT2D eigenvalue weighted by Gasteiger charge is -2.35. The van der Waals surface area contributed by atoms with Crippen LogP contribution in [0.25, 0.3) is 11.3 Å². The highest BCUT2D eigenvalue weighted by atomic mass is 35.5. The van der Waals surface area contributed by atoms with Gasteiger partial charge in [0.1, 0.15) is 0 Å². The van der Waals surface area contributed by atoms with Crippen LogP contribution in [0.2, 0.25) is 5.02 Å². The molecule has 4 rings (SSSR count). The third kappa shape index (κ3) is 5.35. The third-order valence-electron chi connectivity index (χ3n) is 5.94. The van der Waals surface area contributed by atoms with Crippen molar-refractivity contribution in [2.75, 3.05) is 57.7 Å². The third-order valence-corrected chi connectivity index (χ3v) is 6.18. The number of nitrogens with one attached hydrogen (secondary N) is 1. The van der Waals surface area contributed by atoms with Crippen molar-refractivity contribution in [3.63, 3.8) is 0 Å². The first-order valence-electron chi connectivity index (χ1n) is 11.1. The number of anilines is 2. The second-order valence-electron chi connectivity index (χ2n) is 8.05. The summed E-state index contributed by atoms with van der Waals surface area (Å²) in [5, 5.41) is 12.4. The van der Waals surface area contributed by atoms with Gasteiger partial charge in [0.25, 0.3) is 0 Å². The molecular weight excluding hydrogens is 470 g/mol. The molecule has 35 heavy (non-hydrogen) atoms. The molecule has 184 valence electrons. The minimum absolute atomic E-state index is 0.140. The van der Waals surface area contributed by atoms with Gasteiger partial charge in [-0.05, 0) is 48.9 Å². The van der Waals surface area contributed by atoms with Gasteiger partial charge < -0.3 is 29.3 Å². The van der Waals surface area contributed by atoms with Crippen LogP contribution in [0.3, 0.4) is 0 Å². The number of hydrogen-bond acceptors (Lipinski definition) is 7. The number of hydrogen-bond donors (Lipinski definition) is 1. The highest BCUT2D eigenvalue weighted by Gasteiger charge is 2.23. The van der Waals surface area contributed by atoms with Gasteiger partial charge in [-0.15, -0.1) is 10.2 Å². The smallest absolute Gasteiger partial charge is 0.321 e. The summed E-state index contributed by atoms with van der Waals surface area (Å²) in [7, 11) is 4.72. The summed E-state index contributed by atoms with van der Waals surface area (Å²) in [5.74, 6) is 2.38. The second kappa shape index (κ2) is 10.7. The van der Waals surface area contributed by atoms with Crippen molar-refractivity contribution >= 4 is 29.1 Å². The molecule has 1 saturated heterocycles. The molecule has 0 bridgehead atoms. The molecule has 9 nitrogen and oxygen atoms in total. The Morgan fingerprint density at radius 3 is 2.17 bits per heavy atom. The van der Waals surface area contributed by atoms with Crippen molar-refractivity contribution in [2.45, 2.75) is 6.92 Å². The molecule has 0 aliphatic carbocycles. The van der Waals surface area contributed by atoms with Gasteiger partial charge in [-0.2, -0.15) is 0 Å². The van der Waals surface area contributed by atoms with E-state index in [1.807, 2.05) is 37.3 Å². The zero-order valence-electron chi connectivity index (χ0n) is 20.2. The van der Waals surface area contributed by atoms with E-state index in [2.05, 4.69) is 20.4 Å². The molecule has 10 heteroatoms. The van der Waals surface area contributed by atoms with Crippen LogP contribution >= 0.6 is 11.6 Å². The Hall–Kier alpha value is -3.72. The predicted octanol–water partition coefficient (Wildman–Crippen LogP) is 4.49. The number of carbonyl (C=O) groups is 1. The van der Waals surface area contributed by atoms with Crippen LogP contribution in [0, 0.1) is 6.92 Å². The molecule has 2 heterocycles. The first-order valence-corrected chi connectivity index (χ1v) is 11.5. The van der Waals surface area contributed by atoms with E-state index in [0.29, 0.717) is 54.1 Å². The lowest BCUT2D eigenvalue weighted by atomic mass is 10.1. The average molecular weight is 498 g/mol. The van der Waals surface area contributed by atoms with Crippen LogP contribution < -0.4 is 24.4 Å². The standard InChI is InChI=1S/C25H28ClN5O4/c1-16-5-6-18(26)15-20(16)27-25(32)31-11-9-30(10-12-31)23-8-7-19(28-29-23)17-13-21(33-2)24(35-4)22(14-17)34-3/h5-8,13-15H,9-12H2,1-4H3,(H,27,32). The Morgan fingerprint density at radius 1 is 0.914 bits per heavy atom. The molecule has 1 N–H and O–H groups in total. The van der Waals surface area contributed by atoms with Crippen LogP contribution in [0.5, 0.6) is 17.2 Å². The summed E-state index contributed by atoms with van der Waals surface area (Å²) in [6.07, 6.45) is 0. The van der Waals surface area contributed by atoms with Crippen molar-refractivity contribution in [2.24, 2.45) is 0 Å². The van der Waals surface area contributed by atoms with E-state index in [1.165, 1.54) is 0 Å². The van der Waals surface area contributed by atoms with Gasteiger partial charge in [0, 0.05) is 42.5 Å². The van der Waals surface area contributed by atoms with Gasteiger partial charge in [0.15, 0.2) is 17.3 Å². The Morgan fingerprint density at radius 2 is 1.60 bits per heavy atom. The van der Waals surface area contributed by atoms with E-state index in [1.54, 1.807) is 38.4 Å². The number of aromatic nitrogens is 2. The zero-order valence-corrected chi connectivity index (χ0v) is 20.9. The molecule has 0 atom stereocenters. The van der Waals surface area contributed by atoms with Crippen molar-refractivity contribution < 1.29 is 19.0 Å². The van der Waals surface area contributed by atoms with Gasteiger partial charge in [-0.3, -0.25) is 0 Å². The Labute approximate surface area is 209 Å². The SMILES string of the molecule is COc1cc(-c2ccc(N3CCN(C(=O)Nc4cc(Cl)ccc4C)CC3)nn2)cc(OC)c1OC. The van der Waals surface area contributed by atoms with Crippen molar-refractivity contribution in [1.82, 2.24) is 15.1 Å². The number of urea groups is 1. The minimum atomic E-state index is -0.140. The summed E-state index contributed by atoms with van der Waals surface area (Å²) >= 11 is 6.06. The lowest BCUT2D eigenvalue weighted by molar-refractivity contribution is 0.208. The number of ether oxygens (including phenoxy) is 3. The molecule has 2 aromatic carbocycles. The monoisotopic (exact) mass is 497 g/mol. The molecule has 1 aromatic heterocycles. The number of nitrogens with zero attached hydrogens (tertiary/aromatic N) is 4. The fourth-order valence-electron chi connectivity index (χ4n) is 3.94. The maximum absolute atomic E-state index is 12.7. The summed E-state index contributed by atoms with van der Waals surface area (Å²) < 4.78 is 16.3.